The van der Waals surface area contributed by atoms with Gasteiger partial charge in [0.05, 0.1) is 5.69 Å². The van der Waals surface area contributed by atoms with E-state index in [1.165, 1.54) is 6.20 Å². The van der Waals surface area contributed by atoms with Gasteiger partial charge in [-0.05, 0) is 19.3 Å². The van der Waals surface area contributed by atoms with E-state index in [0.29, 0.717) is 35.1 Å². The van der Waals surface area contributed by atoms with Gasteiger partial charge in [-0.1, -0.05) is 11.6 Å². The zero-order valence-electron chi connectivity index (χ0n) is 10.6. The van der Waals surface area contributed by atoms with Crippen molar-refractivity contribution in [2.24, 2.45) is 0 Å². The Bertz CT molecular complexity index is 556. The van der Waals surface area contributed by atoms with Gasteiger partial charge in [0.25, 0.3) is 0 Å². The summed E-state index contributed by atoms with van der Waals surface area (Å²) in [6, 6.07) is 1.63. The molecule has 2 rings (SSSR count). The molecule has 0 saturated heterocycles. The summed E-state index contributed by atoms with van der Waals surface area (Å²) >= 11 is 5.85. The van der Waals surface area contributed by atoms with Crippen molar-refractivity contribution >= 4 is 17.2 Å². The Balaban J connectivity index is 2.32. The van der Waals surface area contributed by atoms with E-state index in [0.717, 1.165) is 12.8 Å². The van der Waals surface area contributed by atoms with Gasteiger partial charge in [0.2, 0.25) is 0 Å². The highest BCUT2D eigenvalue weighted by molar-refractivity contribution is 6.29. The summed E-state index contributed by atoms with van der Waals surface area (Å²) in [4.78, 5) is 4.10. The molecule has 0 aliphatic heterocycles. The van der Waals surface area contributed by atoms with E-state index in [1.807, 2.05) is 0 Å². The van der Waals surface area contributed by atoms with Crippen LogP contribution in [0.1, 0.15) is 30.4 Å². The van der Waals surface area contributed by atoms with Crippen molar-refractivity contribution in [3.63, 3.8) is 0 Å². The zero-order valence-corrected chi connectivity index (χ0v) is 11.3. The lowest BCUT2D eigenvalue weighted by Crippen LogP contribution is -2.10. The van der Waals surface area contributed by atoms with Crippen LogP contribution in [-0.4, -0.2) is 38.5 Å². The number of unbranched alkanes of at least 4 members (excludes halogenated alkanes) is 1. The fourth-order valence-electron chi connectivity index (χ4n) is 1.97. The topological polar surface area (TPSA) is 79.9 Å². The molecular formula is C12H16ClN3O3. The molecule has 7 heteroatoms. The molecule has 0 atom stereocenters. The average molecular weight is 286 g/mol. The fraction of sp³-hybridized carbons (Fsp3) is 0.500. The summed E-state index contributed by atoms with van der Waals surface area (Å²) in [6.45, 7) is 0.672. The van der Waals surface area contributed by atoms with Crippen molar-refractivity contribution in [3.8, 4) is 0 Å². The van der Waals surface area contributed by atoms with E-state index in [4.69, 9.17) is 16.3 Å². The molecule has 2 aromatic heterocycles. The van der Waals surface area contributed by atoms with E-state index >= 15 is 0 Å². The third kappa shape index (κ3) is 3.22. The number of rotatable bonds is 6. The van der Waals surface area contributed by atoms with Crippen LogP contribution in [0.15, 0.2) is 12.3 Å². The molecule has 0 bridgehead atoms. The van der Waals surface area contributed by atoms with Crippen LogP contribution in [0.5, 0.6) is 0 Å². The summed E-state index contributed by atoms with van der Waals surface area (Å²) in [5.41, 5.74) is 1.66. The predicted octanol–water partition coefficient (Wildman–Crippen LogP) is 1.33. The van der Waals surface area contributed by atoms with Gasteiger partial charge in [-0.15, -0.1) is 0 Å². The molecule has 0 aliphatic carbocycles. The third-order valence-electron chi connectivity index (χ3n) is 2.88. The summed E-state index contributed by atoms with van der Waals surface area (Å²) in [7, 11) is 1.65. The summed E-state index contributed by atoms with van der Waals surface area (Å²) in [5, 5.41) is 23.2. The van der Waals surface area contributed by atoms with Gasteiger partial charge >= 0.3 is 0 Å². The van der Waals surface area contributed by atoms with Gasteiger partial charge in [0, 0.05) is 31.5 Å². The molecule has 0 saturated carbocycles. The quantitative estimate of drug-likeness (QED) is 0.618. The monoisotopic (exact) mass is 285 g/mol. The highest BCUT2D eigenvalue weighted by Crippen LogP contribution is 2.20. The van der Waals surface area contributed by atoms with Gasteiger partial charge in [-0.25, -0.2) is 9.50 Å². The highest BCUT2D eigenvalue weighted by atomic mass is 35.5. The number of aromatic nitrogens is 3. The van der Waals surface area contributed by atoms with Gasteiger partial charge in [0.1, 0.15) is 0 Å². The van der Waals surface area contributed by atoms with Crippen LogP contribution < -0.4 is 0 Å². The van der Waals surface area contributed by atoms with Crippen LogP contribution in [0.3, 0.4) is 0 Å². The Hall–Kier alpha value is -1.21. The van der Waals surface area contributed by atoms with Crippen molar-refractivity contribution in [2.45, 2.75) is 25.6 Å². The first kappa shape index (κ1) is 14.2. The molecule has 0 amide bonds. The summed E-state index contributed by atoms with van der Waals surface area (Å²) in [6.07, 6.45) is 2.26. The van der Waals surface area contributed by atoms with Crippen LogP contribution in [0.4, 0.5) is 0 Å². The van der Waals surface area contributed by atoms with E-state index < -0.39 is 6.29 Å². The van der Waals surface area contributed by atoms with Crippen molar-refractivity contribution in [1.82, 2.24) is 14.6 Å². The molecule has 0 fully saturated rings. The molecule has 0 unspecified atom stereocenters. The van der Waals surface area contributed by atoms with Crippen LogP contribution in [-0.2, 0) is 11.2 Å². The number of aliphatic hydroxyl groups is 2. The Morgan fingerprint density at radius 1 is 1.42 bits per heavy atom. The maximum Gasteiger partial charge on any atom is 0.181 e. The predicted molar refractivity (Wildman–Crippen MR) is 70.0 cm³/mol. The van der Waals surface area contributed by atoms with Gasteiger partial charge < -0.3 is 14.9 Å². The Morgan fingerprint density at radius 3 is 2.89 bits per heavy atom. The van der Waals surface area contributed by atoms with Crippen molar-refractivity contribution in [2.75, 3.05) is 13.7 Å². The molecule has 19 heavy (non-hydrogen) atoms. The molecule has 104 valence electrons. The van der Waals surface area contributed by atoms with Crippen LogP contribution in [0.2, 0.25) is 5.15 Å². The van der Waals surface area contributed by atoms with Crippen molar-refractivity contribution in [1.29, 1.82) is 0 Å². The second kappa shape index (κ2) is 6.29. The molecular weight excluding hydrogens is 270 g/mol. The molecule has 0 aliphatic rings. The van der Waals surface area contributed by atoms with Gasteiger partial charge in [-0.2, -0.15) is 5.10 Å². The molecule has 2 aromatic rings. The summed E-state index contributed by atoms with van der Waals surface area (Å²) < 4.78 is 6.55. The average Bonchev–Trinajstić information content (AvgIpc) is 2.74. The number of aliphatic hydroxyl groups excluding tert-OH is 1. The fourth-order valence-corrected chi connectivity index (χ4v) is 2.14. The zero-order chi connectivity index (χ0) is 13.8. The van der Waals surface area contributed by atoms with E-state index in [1.54, 1.807) is 17.7 Å². The minimum Gasteiger partial charge on any atom is -0.385 e. The smallest absolute Gasteiger partial charge is 0.181 e. The van der Waals surface area contributed by atoms with E-state index in [2.05, 4.69) is 10.1 Å². The number of nitrogens with zero attached hydrogens (tertiary/aromatic N) is 3. The molecule has 0 radical (unpaired) electrons. The Morgan fingerprint density at radius 2 is 2.21 bits per heavy atom. The SMILES string of the molecule is COCCCCc1c(C(O)O)cnc2cc(Cl)nn12. The molecule has 6 nitrogen and oxygen atoms in total. The molecule has 2 N–H and O–H groups in total. The lowest BCUT2D eigenvalue weighted by atomic mass is 10.1. The van der Waals surface area contributed by atoms with Crippen molar-refractivity contribution in [3.05, 3.63) is 28.7 Å². The minimum atomic E-state index is -1.57. The molecule has 0 spiro atoms. The largest absolute Gasteiger partial charge is 0.385 e. The standard InChI is InChI=1S/C12H16ClN3O3/c1-19-5-3-2-4-9-8(12(17)18)7-14-11-6-10(13)15-16(9)11/h6-7,12,17-18H,2-5H2,1H3. The molecule has 0 aromatic carbocycles. The minimum absolute atomic E-state index is 0.329. The van der Waals surface area contributed by atoms with Gasteiger partial charge in [0.15, 0.2) is 17.1 Å². The second-order valence-corrected chi connectivity index (χ2v) is 4.61. The Labute approximate surface area is 115 Å². The molecule has 2 heterocycles. The van der Waals surface area contributed by atoms with Crippen LogP contribution >= 0.6 is 11.6 Å². The Kier molecular flexibility index (Phi) is 4.71. The number of halogens is 1. The lowest BCUT2D eigenvalue weighted by molar-refractivity contribution is -0.0438. The maximum atomic E-state index is 9.39. The number of aryl methyl sites for hydroxylation is 1. The van der Waals surface area contributed by atoms with Gasteiger partial charge in [-0.3, -0.25) is 0 Å². The number of fused-ring (bicyclic) bond motifs is 1. The second-order valence-electron chi connectivity index (χ2n) is 4.22. The first-order chi connectivity index (χ1) is 9.13. The van der Waals surface area contributed by atoms with Crippen LogP contribution in [0.25, 0.3) is 5.65 Å². The van der Waals surface area contributed by atoms with Crippen LogP contribution in [0, 0.1) is 0 Å². The number of hydrogen-bond acceptors (Lipinski definition) is 5. The number of hydrogen-bond donors (Lipinski definition) is 2. The van der Waals surface area contributed by atoms with E-state index in [-0.39, 0.29) is 0 Å². The lowest BCUT2D eigenvalue weighted by Gasteiger charge is -2.12. The van der Waals surface area contributed by atoms with E-state index in [9.17, 15) is 10.2 Å². The highest BCUT2D eigenvalue weighted by Gasteiger charge is 2.15. The third-order valence-corrected chi connectivity index (χ3v) is 3.06. The first-order valence-electron chi connectivity index (χ1n) is 6.01. The number of ether oxygens (including phenoxy) is 1. The number of methoxy groups -OCH3 is 1. The first-order valence-corrected chi connectivity index (χ1v) is 6.39. The normalized spacial score (nSPS) is 11.6. The summed E-state index contributed by atoms with van der Waals surface area (Å²) in [5.74, 6) is 0. The maximum absolute atomic E-state index is 9.39. The van der Waals surface area contributed by atoms with Crippen molar-refractivity contribution < 1.29 is 14.9 Å².